The predicted octanol–water partition coefficient (Wildman–Crippen LogP) is -0.707. The molecule has 0 bridgehead atoms. The van der Waals surface area contributed by atoms with E-state index in [0.29, 0.717) is 6.54 Å². The quantitative estimate of drug-likeness (QED) is 0.397. The molecular formula is C16H31N3O5. The van der Waals surface area contributed by atoms with Gasteiger partial charge in [-0.25, -0.2) is 0 Å². The molecular weight excluding hydrogens is 314 g/mol. The Hall–Kier alpha value is -1.67. The van der Waals surface area contributed by atoms with E-state index in [1.807, 2.05) is 20.8 Å². The largest absolute Gasteiger partial charge is 0.395 e. The molecule has 0 aromatic heterocycles. The fourth-order valence-corrected chi connectivity index (χ4v) is 1.84. The second-order valence-corrected chi connectivity index (χ2v) is 6.05. The molecule has 0 spiro atoms. The summed E-state index contributed by atoms with van der Waals surface area (Å²) >= 11 is 0. The van der Waals surface area contributed by atoms with Crippen LogP contribution in [0.5, 0.6) is 0 Å². The normalized spacial score (nSPS) is 16.8. The summed E-state index contributed by atoms with van der Waals surface area (Å²) in [6.45, 7) is 7.25. The van der Waals surface area contributed by atoms with Crippen LogP contribution in [0.25, 0.3) is 0 Å². The number of carbonyl (C=O) groups excluding carboxylic acids is 3. The topological polar surface area (TPSA) is 128 Å². The van der Waals surface area contributed by atoms with Crippen molar-refractivity contribution in [1.82, 2.24) is 16.0 Å². The first-order chi connectivity index (χ1) is 11.3. The second-order valence-electron chi connectivity index (χ2n) is 6.05. The summed E-state index contributed by atoms with van der Waals surface area (Å²) in [4.78, 5) is 33.2. The maximum absolute atomic E-state index is 11.4. The van der Waals surface area contributed by atoms with E-state index in [0.717, 1.165) is 19.3 Å². The molecule has 24 heavy (non-hydrogen) atoms. The van der Waals surface area contributed by atoms with Crippen molar-refractivity contribution < 1.29 is 24.6 Å². The second kappa shape index (κ2) is 11.0. The SMILES string of the molecule is CCC(C)NC(=O)C(CO)NC(C)=O.CCNC(=O)C1(CO)CC1. The van der Waals surface area contributed by atoms with Gasteiger partial charge in [0.2, 0.25) is 17.7 Å². The number of aliphatic hydroxyl groups is 2. The number of hydrogen-bond acceptors (Lipinski definition) is 5. The lowest BCUT2D eigenvalue weighted by molar-refractivity contribution is -0.129. The number of hydrogen-bond donors (Lipinski definition) is 5. The van der Waals surface area contributed by atoms with Crippen LogP contribution in [0.3, 0.4) is 0 Å². The molecule has 2 atom stereocenters. The summed E-state index contributed by atoms with van der Waals surface area (Å²) in [5.41, 5.74) is -0.393. The maximum Gasteiger partial charge on any atom is 0.245 e. The summed E-state index contributed by atoms with van der Waals surface area (Å²) in [6.07, 6.45) is 2.49. The molecule has 1 aliphatic carbocycles. The van der Waals surface area contributed by atoms with Crippen LogP contribution in [-0.2, 0) is 14.4 Å². The van der Waals surface area contributed by atoms with Gasteiger partial charge in [-0.2, -0.15) is 0 Å². The van der Waals surface area contributed by atoms with Crippen molar-refractivity contribution in [3.8, 4) is 0 Å². The van der Waals surface area contributed by atoms with Crippen molar-refractivity contribution in [2.45, 2.75) is 59.0 Å². The fraction of sp³-hybridized carbons (Fsp3) is 0.812. The molecule has 8 nitrogen and oxygen atoms in total. The standard InChI is InChI=1S/C9H18N2O3.C7H13NO2/c1-4-6(2)10-9(14)8(5-12)11-7(3)13;1-2-8-6(10)7(5-9)3-4-7/h6,8,12H,4-5H2,1-3H3,(H,10,14)(H,11,13);9H,2-5H2,1H3,(H,8,10). The molecule has 0 aromatic carbocycles. The lowest BCUT2D eigenvalue weighted by atomic mass is 10.1. The lowest BCUT2D eigenvalue weighted by Gasteiger charge is -2.18. The van der Waals surface area contributed by atoms with Crippen LogP contribution in [-0.4, -0.2) is 59.8 Å². The summed E-state index contributed by atoms with van der Waals surface area (Å²) in [7, 11) is 0. The van der Waals surface area contributed by atoms with Gasteiger partial charge in [0.15, 0.2) is 0 Å². The van der Waals surface area contributed by atoms with Gasteiger partial charge in [-0.3, -0.25) is 14.4 Å². The Morgan fingerprint density at radius 3 is 2.04 bits per heavy atom. The zero-order chi connectivity index (χ0) is 18.8. The van der Waals surface area contributed by atoms with E-state index >= 15 is 0 Å². The van der Waals surface area contributed by atoms with Crippen molar-refractivity contribution >= 4 is 17.7 Å². The Morgan fingerprint density at radius 2 is 1.71 bits per heavy atom. The third-order valence-corrected chi connectivity index (χ3v) is 3.85. The van der Waals surface area contributed by atoms with E-state index in [1.165, 1.54) is 6.92 Å². The highest BCUT2D eigenvalue weighted by molar-refractivity contribution is 5.87. The summed E-state index contributed by atoms with van der Waals surface area (Å²) in [5.74, 6) is -0.669. The van der Waals surface area contributed by atoms with Gasteiger partial charge in [0.05, 0.1) is 18.6 Å². The number of rotatable bonds is 8. The highest BCUT2D eigenvalue weighted by Crippen LogP contribution is 2.45. The summed E-state index contributed by atoms with van der Waals surface area (Å²) in [6, 6.07) is -0.799. The smallest absolute Gasteiger partial charge is 0.245 e. The van der Waals surface area contributed by atoms with Gasteiger partial charge in [0.25, 0.3) is 0 Å². The molecule has 1 saturated carbocycles. The first-order valence-electron chi connectivity index (χ1n) is 8.33. The molecule has 1 fully saturated rings. The van der Waals surface area contributed by atoms with Crippen molar-refractivity contribution in [3.05, 3.63) is 0 Å². The van der Waals surface area contributed by atoms with E-state index in [9.17, 15) is 14.4 Å². The van der Waals surface area contributed by atoms with Gasteiger partial charge >= 0.3 is 0 Å². The highest BCUT2D eigenvalue weighted by atomic mass is 16.3. The van der Waals surface area contributed by atoms with Crippen LogP contribution in [0.2, 0.25) is 0 Å². The fourth-order valence-electron chi connectivity index (χ4n) is 1.84. The van der Waals surface area contributed by atoms with Gasteiger partial charge in [0.1, 0.15) is 6.04 Å². The van der Waals surface area contributed by atoms with Crippen LogP contribution < -0.4 is 16.0 Å². The monoisotopic (exact) mass is 345 g/mol. The molecule has 8 heteroatoms. The van der Waals surface area contributed by atoms with Gasteiger partial charge < -0.3 is 26.2 Å². The average molecular weight is 345 g/mol. The third kappa shape index (κ3) is 7.74. The first kappa shape index (κ1) is 22.3. The van der Waals surface area contributed by atoms with E-state index in [4.69, 9.17) is 10.2 Å². The molecule has 1 rings (SSSR count). The van der Waals surface area contributed by atoms with Crippen LogP contribution in [0.1, 0.15) is 47.0 Å². The van der Waals surface area contributed by atoms with Crippen molar-refractivity contribution in [1.29, 1.82) is 0 Å². The Morgan fingerprint density at radius 1 is 1.12 bits per heavy atom. The van der Waals surface area contributed by atoms with Gasteiger partial charge in [0, 0.05) is 19.5 Å². The predicted molar refractivity (Wildman–Crippen MR) is 90.0 cm³/mol. The zero-order valence-corrected chi connectivity index (χ0v) is 15.0. The van der Waals surface area contributed by atoms with Crippen LogP contribution in [0, 0.1) is 5.41 Å². The third-order valence-electron chi connectivity index (χ3n) is 3.85. The van der Waals surface area contributed by atoms with Crippen LogP contribution in [0.4, 0.5) is 0 Å². The lowest BCUT2D eigenvalue weighted by Crippen LogP contribution is -2.50. The van der Waals surface area contributed by atoms with Gasteiger partial charge in [-0.15, -0.1) is 0 Å². The number of aliphatic hydroxyl groups excluding tert-OH is 2. The van der Waals surface area contributed by atoms with Crippen LogP contribution >= 0.6 is 0 Å². The highest BCUT2D eigenvalue weighted by Gasteiger charge is 2.48. The summed E-state index contributed by atoms with van der Waals surface area (Å²) in [5, 5.41) is 25.4. The Kier molecular flexibility index (Phi) is 10.2. The number of carbonyl (C=O) groups is 3. The van der Waals surface area contributed by atoms with E-state index in [-0.39, 0.29) is 37.0 Å². The minimum atomic E-state index is -0.846. The molecule has 0 radical (unpaired) electrons. The Bertz CT molecular complexity index is 424. The number of nitrogens with one attached hydrogen (secondary N) is 3. The van der Waals surface area contributed by atoms with E-state index in [1.54, 1.807) is 0 Å². The Balaban J connectivity index is 0.000000463. The molecule has 5 N–H and O–H groups in total. The molecule has 0 saturated heterocycles. The average Bonchev–Trinajstić information content (AvgIpc) is 3.34. The van der Waals surface area contributed by atoms with Crippen LogP contribution in [0.15, 0.2) is 0 Å². The van der Waals surface area contributed by atoms with Crippen molar-refractivity contribution in [3.63, 3.8) is 0 Å². The maximum atomic E-state index is 11.4. The van der Waals surface area contributed by atoms with Gasteiger partial charge in [-0.1, -0.05) is 6.92 Å². The van der Waals surface area contributed by atoms with Crippen molar-refractivity contribution in [2.24, 2.45) is 5.41 Å². The van der Waals surface area contributed by atoms with E-state index < -0.39 is 11.5 Å². The molecule has 0 aromatic rings. The minimum absolute atomic E-state index is 0.00116. The Labute approximate surface area is 143 Å². The zero-order valence-electron chi connectivity index (χ0n) is 15.0. The number of amides is 3. The van der Waals surface area contributed by atoms with E-state index in [2.05, 4.69) is 16.0 Å². The minimum Gasteiger partial charge on any atom is -0.395 e. The molecule has 2 unspecified atom stereocenters. The first-order valence-corrected chi connectivity index (χ1v) is 8.33. The molecule has 0 aliphatic heterocycles. The molecule has 1 aliphatic rings. The summed E-state index contributed by atoms with van der Waals surface area (Å²) < 4.78 is 0. The van der Waals surface area contributed by atoms with Crippen molar-refractivity contribution in [2.75, 3.05) is 19.8 Å². The van der Waals surface area contributed by atoms with Gasteiger partial charge in [-0.05, 0) is 33.1 Å². The molecule has 140 valence electrons. The molecule has 3 amide bonds. The molecule has 0 heterocycles.